The molecule has 1 aliphatic rings. The van der Waals surface area contributed by atoms with E-state index in [4.69, 9.17) is 14.2 Å². The van der Waals surface area contributed by atoms with Crippen LogP contribution in [0.15, 0.2) is 47.4 Å². The number of sulfonamides is 1. The van der Waals surface area contributed by atoms with Crippen LogP contribution < -0.4 is 18.9 Å². The van der Waals surface area contributed by atoms with Gasteiger partial charge >= 0.3 is 0 Å². The highest BCUT2D eigenvalue weighted by Gasteiger charge is 2.24. The topological polar surface area (TPSA) is 117 Å². The zero-order valence-corrected chi connectivity index (χ0v) is 13.7. The number of para-hydroxylation sites is 1. The van der Waals surface area contributed by atoms with Crippen molar-refractivity contribution in [1.82, 2.24) is 4.72 Å². The Balaban J connectivity index is 1.59. The lowest BCUT2D eigenvalue weighted by molar-refractivity contribution is -0.387. The molecule has 0 radical (unpaired) electrons. The lowest BCUT2D eigenvalue weighted by Gasteiger charge is -2.09. The molecule has 1 aliphatic heterocycles. The number of fused-ring (bicyclic) bond motifs is 1. The van der Waals surface area contributed by atoms with Crippen LogP contribution in [0.25, 0.3) is 0 Å². The third-order valence-electron chi connectivity index (χ3n) is 3.36. The largest absolute Gasteiger partial charge is 0.492 e. The Bertz CT molecular complexity index is 899. The highest BCUT2D eigenvalue weighted by Crippen LogP contribution is 2.35. The Hall–Kier alpha value is -2.85. The molecule has 2 aromatic rings. The summed E-state index contributed by atoms with van der Waals surface area (Å²) in [6, 6.07) is 10.1. The van der Waals surface area contributed by atoms with Crippen molar-refractivity contribution in [2.24, 2.45) is 0 Å². The summed E-state index contributed by atoms with van der Waals surface area (Å²) in [5.74, 6) is 1.66. The van der Waals surface area contributed by atoms with Gasteiger partial charge in [-0.3, -0.25) is 10.1 Å². The number of ether oxygens (including phenoxy) is 3. The Morgan fingerprint density at radius 1 is 1.16 bits per heavy atom. The molecule has 1 heterocycles. The minimum absolute atomic E-state index is 0.0412. The summed E-state index contributed by atoms with van der Waals surface area (Å²) in [5.41, 5.74) is -0.480. The number of nitrogens with one attached hydrogen (secondary N) is 1. The van der Waals surface area contributed by atoms with Gasteiger partial charge in [-0.05, 0) is 18.2 Å². The summed E-state index contributed by atoms with van der Waals surface area (Å²) in [6.45, 7) is 0.136. The van der Waals surface area contributed by atoms with Crippen LogP contribution in [0.2, 0.25) is 0 Å². The lowest BCUT2D eigenvalue weighted by atomic mass is 10.3. The maximum Gasteiger partial charge on any atom is 0.289 e. The molecule has 0 bridgehead atoms. The van der Waals surface area contributed by atoms with Crippen LogP contribution in [0.3, 0.4) is 0 Å². The van der Waals surface area contributed by atoms with E-state index in [1.54, 1.807) is 18.2 Å². The number of rotatable bonds is 7. The molecular formula is C15H14N2O7S. The number of benzene rings is 2. The van der Waals surface area contributed by atoms with Gasteiger partial charge in [0, 0.05) is 18.7 Å². The fraction of sp³-hybridized carbons (Fsp3) is 0.200. The van der Waals surface area contributed by atoms with E-state index in [1.165, 1.54) is 18.2 Å². The summed E-state index contributed by atoms with van der Waals surface area (Å²) < 4.78 is 42.5. The first kappa shape index (κ1) is 17.0. The van der Waals surface area contributed by atoms with E-state index in [2.05, 4.69) is 4.72 Å². The predicted octanol–water partition coefficient (Wildman–Crippen LogP) is 1.68. The van der Waals surface area contributed by atoms with E-state index >= 15 is 0 Å². The van der Waals surface area contributed by atoms with Crippen LogP contribution in [0.4, 0.5) is 5.69 Å². The van der Waals surface area contributed by atoms with Crippen LogP contribution in [0.5, 0.6) is 17.2 Å². The lowest BCUT2D eigenvalue weighted by Crippen LogP contribution is -2.28. The van der Waals surface area contributed by atoms with E-state index in [0.717, 1.165) is 6.07 Å². The van der Waals surface area contributed by atoms with Crippen LogP contribution >= 0.6 is 0 Å². The van der Waals surface area contributed by atoms with Crippen LogP contribution in [0, 0.1) is 10.1 Å². The van der Waals surface area contributed by atoms with Crippen molar-refractivity contribution in [2.45, 2.75) is 4.90 Å². The number of nitrogens with zero attached hydrogens (tertiary/aromatic N) is 1. The average Bonchev–Trinajstić information content (AvgIpc) is 3.06. The van der Waals surface area contributed by atoms with Gasteiger partial charge in [-0.15, -0.1) is 0 Å². The molecule has 2 aromatic carbocycles. The van der Waals surface area contributed by atoms with Gasteiger partial charge in [0.2, 0.25) is 16.8 Å². The van der Waals surface area contributed by atoms with Gasteiger partial charge in [0.15, 0.2) is 16.4 Å². The molecule has 10 heteroatoms. The zero-order chi connectivity index (χ0) is 17.9. The third-order valence-corrected chi connectivity index (χ3v) is 4.87. The van der Waals surface area contributed by atoms with Gasteiger partial charge in [-0.1, -0.05) is 12.1 Å². The Morgan fingerprint density at radius 3 is 2.72 bits per heavy atom. The highest BCUT2D eigenvalue weighted by molar-refractivity contribution is 7.89. The Labute approximate surface area is 143 Å². The van der Waals surface area contributed by atoms with Crippen LogP contribution in [-0.4, -0.2) is 33.3 Å². The normalized spacial score (nSPS) is 12.8. The number of hydrogen-bond donors (Lipinski definition) is 1. The number of nitro groups is 1. The fourth-order valence-corrected chi connectivity index (χ4v) is 3.41. The van der Waals surface area contributed by atoms with Crippen molar-refractivity contribution in [3.05, 3.63) is 52.6 Å². The molecule has 0 atom stereocenters. The van der Waals surface area contributed by atoms with Crippen molar-refractivity contribution in [2.75, 3.05) is 19.9 Å². The summed E-state index contributed by atoms with van der Waals surface area (Å²) in [7, 11) is -4.02. The van der Waals surface area contributed by atoms with Gasteiger partial charge in [0.25, 0.3) is 5.69 Å². The van der Waals surface area contributed by atoms with Crippen molar-refractivity contribution >= 4 is 15.7 Å². The molecule has 9 nitrogen and oxygen atoms in total. The van der Waals surface area contributed by atoms with E-state index < -0.39 is 20.6 Å². The van der Waals surface area contributed by atoms with Crippen LogP contribution in [0.1, 0.15) is 0 Å². The van der Waals surface area contributed by atoms with Crippen molar-refractivity contribution in [3.63, 3.8) is 0 Å². The summed E-state index contributed by atoms with van der Waals surface area (Å²) >= 11 is 0. The maximum absolute atomic E-state index is 12.2. The first-order valence-electron chi connectivity index (χ1n) is 7.23. The molecule has 0 aromatic heterocycles. The van der Waals surface area contributed by atoms with Crippen LogP contribution in [-0.2, 0) is 10.0 Å². The molecule has 3 rings (SSSR count). The molecule has 0 saturated heterocycles. The summed E-state index contributed by atoms with van der Waals surface area (Å²) in [4.78, 5) is 9.82. The molecular weight excluding hydrogens is 352 g/mol. The molecule has 0 saturated carbocycles. The van der Waals surface area contributed by atoms with Crippen molar-refractivity contribution in [3.8, 4) is 17.2 Å². The summed E-state index contributed by atoms with van der Waals surface area (Å²) in [5, 5.41) is 10.9. The number of nitro benzene ring substituents is 1. The van der Waals surface area contributed by atoms with E-state index in [0.29, 0.717) is 17.2 Å². The molecule has 25 heavy (non-hydrogen) atoms. The van der Waals surface area contributed by atoms with E-state index in [1.807, 2.05) is 0 Å². The quantitative estimate of drug-likeness (QED) is 0.450. The van der Waals surface area contributed by atoms with Crippen molar-refractivity contribution < 1.29 is 27.6 Å². The second-order valence-electron chi connectivity index (χ2n) is 4.99. The summed E-state index contributed by atoms with van der Waals surface area (Å²) in [6.07, 6.45) is 0. The standard InChI is InChI=1S/C15H14N2O7S/c18-17(19)12-3-1-2-4-15(12)25(20,21)16-7-8-22-11-5-6-13-14(9-11)24-10-23-13/h1-6,9,16H,7-8,10H2. The molecule has 1 N–H and O–H groups in total. The molecule has 0 fully saturated rings. The smallest absolute Gasteiger partial charge is 0.289 e. The second kappa shape index (κ2) is 6.95. The first-order valence-corrected chi connectivity index (χ1v) is 8.71. The molecule has 0 amide bonds. The SMILES string of the molecule is O=[N+]([O-])c1ccccc1S(=O)(=O)NCCOc1ccc2c(c1)OCO2. The average molecular weight is 366 g/mol. The van der Waals surface area contributed by atoms with Gasteiger partial charge in [0.1, 0.15) is 12.4 Å². The Kier molecular flexibility index (Phi) is 4.72. The van der Waals surface area contributed by atoms with E-state index in [9.17, 15) is 18.5 Å². The molecule has 0 unspecified atom stereocenters. The fourth-order valence-electron chi connectivity index (χ4n) is 2.22. The maximum atomic E-state index is 12.2. The van der Waals surface area contributed by atoms with Gasteiger partial charge in [-0.25, -0.2) is 13.1 Å². The second-order valence-corrected chi connectivity index (χ2v) is 6.72. The third kappa shape index (κ3) is 3.80. The monoisotopic (exact) mass is 366 g/mol. The first-order chi connectivity index (χ1) is 12.0. The van der Waals surface area contributed by atoms with Gasteiger partial charge in [0.05, 0.1) is 4.92 Å². The molecule has 0 spiro atoms. The Morgan fingerprint density at radius 2 is 1.92 bits per heavy atom. The molecule has 0 aliphatic carbocycles. The molecule has 132 valence electrons. The van der Waals surface area contributed by atoms with E-state index in [-0.39, 0.29) is 24.8 Å². The van der Waals surface area contributed by atoms with Gasteiger partial charge in [-0.2, -0.15) is 0 Å². The highest BCUT2D eigenvalue weighted by atomic mass is 32.2. The number of hydrogen-bond acceptors (Lipinski definition) is 7. The zero-order valence-electron chi connectivity index (χ0n) is 12.9. The van der Waals surface area contributed by atoms with Crippen molar-refractivity contribution in [1.29, 1.82) is 0 Å². The minimum atomic E-state index is -4.02. The van der Waals surface area contributed by atoms with Gasteiger partial charge < -0.3 is 14.2 Å². The minimum Gasteiger partial charge on any atom is -0.492 e. The predicted molar refractivity (Wildman–Crippen MR) is 86.3 cm³/mol.